The smallest absolute Gasteiger partial charge is 0.268 e. The first kappa shape index (κ1) is 26.0. The number of ether oxygens (including phenoxy) is 2. The third-order valence-electron chi connectivity index (χ3n) is 5.51. The molecule has 6 nitrogen and oxygen atoms in total. The van der Waals surface area contributed by atoms with Gasteiger partial charge < -0.3 is 9.47 Å². The summed E-state index contributed by atoms with van der Waals surface area (Å²) in [7, 11) is 1.57. The molecule has 1 amide bonds. The molecule has 0 radical (unpaired) electrons. The van der Waals surface area contributed by atoms with E-state index in [-0.39, 0.29) is 5.57 Å². The first-order chi connectivity index (χ1) is 16.9. The van der Waals surface area contributed by atoms with Gasteiger partial charge in [-0.25, -0.2) is 4.98 Å². The minimum atomic E-state index is -0.510. The zero-order valence-corrected chi connectivity index (χ0v) is 21.5. The molecule has 0 bridgehead atoms. The number of nitrogens with one attached hydrogen (secondary N) is 1. The number of unbranched alkanes of at least 4 members (excludes halogenated alkanes) is 3. The molecule has 0 saturated carbocycles. The Balaban J connectivity index is 1.70. The lowest BCUT2D eigenvalue weighted by Gasteiger charge is -2.11. The Morgan fingerprint density at radius 3 is 2.71 bits per heavy atom. The average Bonchev–Trinajstić information content (AvgIpc) is 3.32. The number of carbonyl (C=O) groups is 1. The minimum Gasteiger partial charge on any atom is -0.493 e. The fourth-order valence-corrected chi connectivity index (χ4v) is 4.26. The van der Waals surface area contributed by atoms with E-state index in [1.54, 1.807) is 25.3 Å². The maximum atomic E-state index is 12.8. The van der Waals surface area contributed by atoms with Crippen molar-refractivity contribution in [2.45, 2.75) is 46.5 Å². The van der Waals surface area contributed by atoms with Crippen LogP contribution in [0.15, 0.2) is 47.4 Å². The quantitative estimate of drug-likeness (QED) is 0.179. The highest BCUT2D eigenvalue weighted by Crippen LogP contribution is 2.30. The highest BCUT2D eigenvalue weighted by molar-refractivity contribution is 7.14. The van der Waals surface area contributed by atoms with Crippen LogP contribution in [0.5, 0.6) is 11.5 Å². The summed E-state index contributed by atoms with van der Waals surface area (Å²) < 4.78 is 11.3. The molecule has 0 spiro atoms. The van der Waals surface area contributed by atoms with Gasteiger partial charge in [0.05, 0.1) is 19.4 Å². The van der Waals surface area contributed by atoms with Crippen LogP contribution in [0.25, 0.3) is 17.3 Å². The lowest BCUT2D eigenvalue weighted by Crippen LogP contribution is -2.13. The van der Waals surface area contributed by atoms with Crippen LogP contribution in [0.1, 0.15) is 49.3 Å². The van der Waals surface area contributed by atoms with Crippen molar-refractivity contribution in [3.63, 3.8) is 0 Å². The predicted octanol–water partition coefficient (Wildman–Crippen LogP) is 6.94. The van der Waals surface area contributed by atoms with E-state index in [1.807, 2.05) is 25.3 Å². The van der Waals surface area contributed by atoms with Gasteiger partial charge in [0.1, 0.15) is 11.6 Å². The SMILES string of the molecule is CCCCCCOc1ccc(/C=C(\C#N)C(=O)Nc2nc(-c3cc(C)ccc3C)cs2)cc1OC. The first-order valence-electron chi connectivity index (χ1n) is 11.7. The molecular weight excluding hydrogens is 458 g/mol. The molecule has 1 N–H and O–H groups in total. The Bertz CT molecular complexity index is 1240. The molecule has 3 aromatic rings. The highest BCUT2D eigenvalue weighted by atomic mass is 32.1. The van der Waals surface area contributed by atoms with Crippen molar-refractivity contribution >= 4 is 28.5 Å². The second-order valence-corrected chi connectivity index (χ2v) is 9.16. The Labute approximate surface area is 211 Å². The molecule has 1 heterocycles. The van der Waals surface area contributed by atoms with Crippen LogP contribution in [0.2, 0.25) is 0 Å². The Morgan fingerprint density at radius 2 is 1.97 bits per heavy atom. The van der Waals surface area contributed by atoms with Crippen molar-refractivity contribution in [1.29, 1.82) is 5.26 Å². The van der Waals surface area contributed by atoms with Crippen molar-refractivity contribution < 1.29 is 14.3 Å². The van der Waals surface area contributed by atoms with E-state index in [9.17, 15) is 10.1 Å². The number of hydrogen-bond donors (Lipinski definition) is 1. The van der Waals surface area contributed by atoms with Gasteiger partial charge in [-0.05, 0) is 55.7 Å². The summed E-state index contributed by atoms with van der Waals surface area (Å²) >= 11 is 1.33. The van der Waals surface area contributed by atoms with Gasteiger partial charge in [-0.2, -0.15) is 5.26 Å². The zero-order chi connectivity index (χ0) is 25.2. The highest BCUT2D eigenvalue weighted by Gasteiger charge is 2.14. The number of benzene rings is 2. The molecule has 0 fully saturated rings. The number of rotatable bonds is 11. The van der Waals surface area contributed by atoms with Crippen LogP contribution in [0.4, 0.5) is 5.13 Å². The summed E-state index contributed by atoms with van der Waals surface area (Å²) in [6.45, 7) is 6.85. The number of carbonyl (C=O) groups excluding carboxylic acids is 1. The Hall–Kier alpha value is -3.63. The van der Waals surface area contributed by atoms with Gasteiger partial charge in [0.25, 0.3) is 5.91 Å². The second kappa shape index (κ2) is 12.7. The fraction of sp³-hybridized carbons (Fsp3) is 0.321. The number of anilines is 1. The third-order valence-corrected chi connectivity index (χ3v) is 6.27. The van der Waals surface area contributed by atoms with Gasteiger partial charge in [0.15, 0.2) is 16.6 Å². The lowest BCUT2D eigenvalue weighted by atomic mass is 10.0. The molecular formula is C28H31N3O3S. The van der Waals surface area contributed by atoms with E-state index < -0.39 is 5.91 Å². The van der Waals surface area contributed by atoms with Gasteiger partial charge in [-0.1, -0.05) is 49.9 Å². The third kappa shape index (κ3) is 7.17. The van der Waals surface area contributed by atoms with E-state index in [0.717, 1.165) is 35.2 Å². The lowest BCUT2D eigenvalue weighted by molar-refractivity contribution is -0.112. The van der Waals surface area contributed by atoms with E-state index in [0.29, 0.717) is 28.8 Å². The number of hydrogen-bond acceptors (Lipinski definition) is 6. The molecule has 35 heavy (non-hydrogen) atoms. The van der Waals surface area contributed by atoms with Gasteiger partial charge >= 0.3 is 0 Å². The average molecular weight is 490 g/mol. The van der Waals surface area contributed by atoms with Gasteiger partial charge in [0, 0.05) is 10.9 Å². The number of thiazole rings is 1. The molecule has 0 aliphatic heterocycles. The zero-order valence-electron chi connectivity index (χ0n) is 20.7. The van der Waals surface area contributed by atoms with E-state index in [1.165, 1.54) is 30.3 Å². The van der Waals surface area contributed by atoms with Crippen molar-refractivity contribution in [1.82, 2.24) is 4.98 Å². The monoisotopic (exact) mass is 489 g/mol. The molecule has 0 aliphatic rings. The molecule has 3 rings (SSSR count). The predicted molar refractivity (Wildman–Crippen MR) is 142 cm³/mol. The van der Waals surface area contributed by atoms with Crippen LogP contribution in [-0.2, 0) is 4.79 Å². The number of nitrogens with zero attached hydrogens (tertiary/aromatic N) is 2. The van der Waals surface area contributed by atoms with Gasteiger partial charge in [-0.3, -0.25) is 10.1 Å². The summed E-state index contributed by atoms with van der Waals surface area (Å²) in [4.78, 5) is 17.3. The number of aryl methyl sites for hydroxylation is 2. The molecule has 2 aromatic carbocycles. The number of amides is 1. The maximum Gasteiger partial charge on any atom is 0.268 e. The molecule has 182 valence electrons. The molecule has 0 aliphatic carbocycles. The summed E-state index contributed by atoms with van der Waals surface area (Å²) in [6.07, 6.45) is 6.01. The largest absolute Gasteiger partial charge is 0.493 e. The van der Waals surface area contributed by atoms with Crippen LogP contribution >= 0.6 is 11.3 Å². The Morgan fingerprint density at radius 1 is 1.14 bits per heavy atom. The standard InChI is InChI=1S/C28H31N3O3S/c1-5-6-7-8-13-34-25-12-11-21(16-26(25)33-4)15-22(17-29)27(32)31-28-30-24(18-35-28)23-14-19(2)9-10-20(23)3/h9-12,14-16,18H,5-8,13H2,1-4H3,(H,30,31,32)/b22-15+. The fourth-order valence-electron chi connectivity index (χ4n) is 3.55. The normalized spacial score (nSPS) is 11.1. The maximum absolute atomic E-state index is 12.8. The summed E-state index contributed by atoms with van der Waals surface area (Å²) in [5.41, 5.74) is 4.72. The molecule has 0 unspecified atom stereocenters. The van der Waals surface area contributed by atoms with Crippen LogP contribution < -0.4 is 14.8 Å². The van der Waals surface area contributed by atoms with Crippen LogP contribution in [0.3, 0.4) is 0 Å². The van der Waals surface area contributed by atoms with Crippen molar-refractivity contribution in [3.8, 4) is 28.8 Å². The van der Waals surface area contributed by atoms with E-state index >= 15 is 0 Å². The van der Waals surface area contributed by atoms with Crippen LogP contribution in [0, 0.1) is 25.2 Å². The van der Waals surface area contributed by atoms with E-state index in [4.69, 9.17) is 9.47 Å². The summed E-state index contributed by atoms with van der Waals surface area (Å²) in [5.74, 6) is 0.695. The summed E-state index contributed by atoms with van der Waals surface area (Å²) in [6, 6.07) is 13.5. The second-order valence-electron chi connectivity index (χ2n) is 8.30. The summed E-state index contributed by atoms with van der Waals surface area (Å²) in [5, 5.41) is 14.7. The van der Waals surface area contributed by atoms with Gasteiger partial charge in [0.2, 0.25) is 0 Å². The topological polar surface area (TPSA) is 84.2 Å². The number of nitriles is 1. The molecule has 1 aromatic heterocycles. The molecule has 0 atom stereocenters. The minimum absolute atomic E-state index is 0.0243. The first-order valence-corrected chi connectivity index (χ1v) is 12.6. The van der Waals surface area contributed by atoms with Crippen LogP contribution in [-0.4, -0.2) is 24.6 Å². The number of methoxy groups -OCH3 is 1. The Kier molecular flexibility index (Phi) is 9.45. The van der Waals surface area contributed by atoms with Crippen molar-refractivity contribution in [3.05, 3.63) is 64.0 Å². The number of aromatic nitrogens is 1. The molecule has 0 saturated heterocycles. The van der Waals surface area contributed by atoms with E-state index in [2.05, 4.69) is 35.4 Å². The van der Waals surface area contributed by atoms with Gasteiger partial charge in [-0.15, -0.1) is 11.3 Å². The van der Waals surface area contributed by atoms with Crippen molar-refractivity contribution in [2.24, 2.45) is 0 Å². The molecule has 7 heteroatoms. The van der Waals surface area contributed by atoms with Crippen molar-refractivity contribution in [2.75, 3.05) is 19.0 Å².